The fourth-order valence-corrected chi connectivity index (χ4v) is 5.09. The van der Waals surface area contributed by atoms with Crippen LogP contribution in [0.5, 0.6) is 5.75 Å². The van der Waals surface area contributed by atoms with E-state index in [1.54, 1.807) is 23.2 Å². The summed E-state index contributed by atoms with van der Waals surface area (Å²) in [5.41, 5.74) is 2.87. The number of carbonyl (C=O) groups excluding carboxylic acids is 2. The molecule has 0 aromatic heterocycles. The number of anilines is 1. The van der Waals surface area contributed by atoms with Crippen LogP contribution in [0.15, 0.2) is 60.3 Å². The molecule has 0 radical (unpaired) electrons. The van der Waals surface area contributed by atoms with Gasteiger partial charge in [0.15, 0.2) is 0 Å². The lowest BCUT2D eigenvalue weighted by molar-refractivity contribution is -0.143. The molecular formula is C29H37N3O4. The van der Waals surface area contributed by atoms with Gasteiger partial charge >= 0.3 is 5.97 Å². The standard InChI is InChI=1S/C29H37N3O4/c1-19(2)36-28(34)23-17-32(27(33)20-11-13-21(14-12-20)35-16-15-31(5)6)18-29(3,4)25-22-9-7-8-10-24(22)30-26(23)25/h7-14,17,19,25-26,30H,15-16,18H2,1-6H3. The van der Waals surface area contributed by atoms with Gasteiger partial charge in [0.25, 0.3) is 5.91 Å². The molecule has 0 aliphatic carbocycles. The second-order valence-corrected chi connectivity index (χ2v) is 10.8. The van der Waals surface area contributed by atoms with E-state index in [1.165, 1.54) is 0 Å². The maximum absolute atomic E-state index is 13.7. The molecular weight excluding hydrogens is 454 g/mol. The number of rotatable bonds is 7. The van der Waals surface area contributed by atoms with Crippen molar-refractivity contribution in [2.24, 2.45) is 5.41 Å². The van der Waals surface area contributed by atoms with E-state index in [0.29, 0.717) is 24.3 Å². The maximum atomic E-state index is 13.7. The van der Waals surface area contributed by atoms with Crippen molar-refractivity contribution in [3.8, 4) is 5.75 Å². The Bertz CT molecular complexity index is 1140. The lowest BCUT2D eigenvalue weighted by atomic mass is 9.71. The number of nitrogens with zero attached hydrogens (tertiary/aromatic N) is 2. The highest BCUT2D eigenvalue weighted by Crippen LogP contribution is 2.50. The Morgan fingerprint density at radius 3 is 2.47 bits per heavy atom. The predicted octanol–water partition coefficient (Wildman–Crippen LogP) is 4.52. The third-order valence-corrected chi connectivity index (χ3v) is 6.74. The van der Waals surface area contributed by atoms with E-state index in [2.05, 4.69) is 30.1 Å². The molecule has 0 bridgehead atoms. The minimum Gasteiger partial charge on any atom is -0.492 e. The molecule has 2 heterocycles. The number of likely N-dealkylation sites (N-methyl/N-ethyl adjacent to an activating group) is 1. The number of carbonyl (C=O) groups is 2. The van der Waals surface area contributed by atoms with Crippen LogP contribution in [0.25, 0.3) is 0 Å². The number of ether oxygens (including phenoxy) is 2. The second kappa shape index (κ2) is 10.3. The van der Waals surface area contributed by atoms with Crippen molar-refractivity contribution < 1.29 is 19.1 Å². The van der Waals surface area contributed by atoms with Crippen molar-refractivity contribution >= 4 is 17.6 Å². The number of esters is 1. The Balaban J connectivity index is 1.64. The van der Waals surface area contributed by atoms with Crippen LogP contribution in [0.4, 0.5) is 5.69 Å². The zero-order chi connectivity index (χ0) is 26.0. The van der Waals surface area contributed by atoms with Crippen LogP contribution in [-0.2, 0) is 9.53 Å². The SMILES string of the molecule is CC(C)OC(=O)C1=CN(C(=O)c2ccc(OCCN(C)C)cc2)CC(C)(C)C2c3ccccc3NC12. The van der Waals surface area contributed by atoms with E-state index in [9.17, 15) is 9.59 Å². The van der Waals surface area contributed by atoms with Crippen molar-refractivity contribution in [2.45, 2.75) is 45.8 Å². The molecule has 4 rings (SSSR count). The molecule has 1 amide bonds. The summed E-state index contributed by atoms with van der Waals surface area (Å²) in [5.74, 6) is 0.160. The fourth-order valence-electron chi connectivity index (χ4n) is 5.09. The molecule has 192 valence electrons. The molecule has 7 heteroatoms. The Morgan fingerprint density at radius 2 is 1.81 bits per heavy atom. The molecule has 2 atom stereocenters. The number of fused-ring (bicyclic) bond motifs is 3. The largest absolute Gasteiger partial charge is 0.492 e. The number of hydrogen-bond acceptors (Lipinski definition) is 6. The van der Waals surface area contributed by atoms with E-state index < -0.39 is 5.97 Å². The third kappa shape index (κ3) is 5.41. The van der Waals surface area contributed by atoms with E-state index in [0.717, 1.165) is 23.5 Å². The van der Waals surface area contributed by atoms with Crippen LogP contribution < -0.4 is 10.1 Å². The van der Waals surface area contributed by atoms with Gasteiger partial charge in [-0.3, -0.25) is 4.79 Å². The monoisotopic (exact) mass is 491 g/mol. The zero-order valence-electron chi connectivity index (χ0n) is 22.1. The van der Waals surface area contributed by atoms with Gasteiger partial charge in [0.2, 0.25) is 0 Å². The van der Waals surface area contributed by atoms with Gasteiger partial charge in [0, 0.05) is 36.5 Å². The molecule has 2 aliphatic rings. The Morgan fingerprint density at radius 1 is 1.11 bits per heavy atom. The molecule has 2 aromatic rings. The third-order valence-electron chi connectivity index (χ3n) is 6.74. The molecule has 0 saturated carbocycles. The average molecular weight is 492 g/mol. The topological polar surface area (TPSA) is 71.1 Å². The normalized spacial score (nSPS) is 20.2. The molecule has 7 nitrogen and oxygen atoms in total. The van der Waals surface area contributed by atoms with Gasteiger partial charge < -0.3 is 24.6 Å². The summed E-state index contributed by atoms with van der Waals surface area (Å²) in [6.07, 6.45) is 1.43. The van der Waals surface area contributed by atoms with E-state index >= 15 is 0 Å². The highest BCUT2D eigenvalue weighted by Gasteiger charge is 2.48. The van der Waals surface area contributed by atoms with Crippen LogP contribution >= 0.6 is 0 Å². The molecule has 36 heavy (non-hydrogen) atoms. The lowest BCUT2D eigenvalue weighted by Crippen LogP contribution is -2.39. The Kier molecular flexibility index (Phi) is 7.41. The maximum Gasteiger partial charge on any atom is 0.337 e. The first-order valence-corrected chi connectivity index (χ1v) is 12.5. The van der Waals surface area contributed by atoms with Gasteiger partial charge in [0.1, 0.15) is 12.4 Å². The second-order valence-electron chi connectivity index (χ2n) is 10.8. The van der Waals surface area contributed by atoms with Crippen LogP contribution in [0.2, 0.25) is 0 Å². The van der Waals surface area contributed by atoms with Crippen LogP contribution in [0, 0.1) is 5.41 Å². The number of nitrogens with one attached hydrogen (secondary N) is 1. The van der Waals surface area contributed by atoms with Crippen molar-refractivity contribution in [1.82, 2.24) is 9.80 Å². The number of para-hydroxylation sites is 1. The first-order valence-electron chi connectivity index (χ1n) is 12.5. The number of benzene rings is 2. The summed E-state index contributed by atoms with van der Waals surface area (Å²) in [4.78, 5) is 30.7. The first kappa shape index (κ1) is 25.8. The molecule has 1 N–H and O–H groups in total. The number of amides is 1. The quantitative estimate of drug-likeness (QED) is 0.574. The summed E-state index contributed by atoms with van der Waals surface area (Å²) in [5, 5.41) is 3.54. The molecule has 2 aromatic carbocycles. The summed E-state index contributed by atoms with van der Waals surface area (Å²) >= 11 is 0. The average Bonchev–Trinajstić information content (AvgIpc) is 3.16. The molecule has 2 unspecified atom stereocenters. The summed E-state index contributed by atoms with van der Waals surface area (Å²) < 4.78 is 11.4. The summed E-state index contributed by atoms with van der Waals surface area (Å²) in [6, 6.07) is 15.1. The van der Waals surface area contributed by atoms with Gasteiger partial charge in [-0.1, -0.05) is 32.0 Å². The Labute approximate surface area is 214 Å². The van der Waals surface area contributed by atoms with Crippen LogP contribution in [0.3, 0.4) is 0 Å². The van der Waals surface area contributed by atoms with Gasteiger partial charge in [-0.15, -0.1) is 0 Å². The molecule has 0 fully saturated rings. The van der Waals surface area contributed by atoms with Gasteiger partial charge in [0.05, 0.1) is 17.7 Å². The minimum atomic E-state index is -0.402. The van der Waals surface area contributed by atoms with E-state index in [-0.39, 0.29) is 29.4 Å². The smallest absolute Gasteiger partial charge is 0.337 e. The van der Waals surface area contributed by atoms with Crippen molar-refractivity contribution in [3.05, 3.63) is 71.4 Å². The van der Waals surface area contributed by atoms with E-state index in [1.807, 2.05) is 58.3 Å². The fraction of sp³-hybridized carbons (Fsp3) is 0.448. The van der Waals surface area contributed by atoms with Gasteiger partial charge in [-0.2, -0.15) is 0 Å². The highest BCUT2D eigenvalue weighted by atomic mass is 16.5. The van der Waals surface area contributed by atoms with E-state index in [4.69, 9.17) is 9.47 Å². The molecule has 2 aliphatic heterocycles. The molecule has 0 spiro atoms. The Hall–Kier alpha value is -3.32. The predicted molar refractivity (Wildman–Crippen MR) is 141 cm³/mol. The van der Waals surface area contributed by atoms with Crippen molar-refractivity contribution in [1.29, 1.82) is 0 Å². The van der Waals surface area contributed by atoms with Crippen LogP contribution in [0.1, 0.15) is 49.5 Å². The molecule has 0 saturated heterocycles. The first-order chi connectivity index (χ1) is 17.1. The van der Waals surface area contributed by atoms with Gasteiger partial charge in [-0.25, -0.2) is 4.79 Å². The van der Waals surface area contributed by atoms with Crippen LogP contribution in [-0.4, -0.2) is 67.6 Å². The van der Waals surface area contributed by atoms with Crippen molar-refractivity contribution in [2.75, 3.05) is 39.1 Å². The highest BCUT2D eigenvalue weighted by molar-refractivity contribution is 5.97. The van der Waals surface area contributed by atoms with Gasteiger partial charge in [-0.05, 0) is 69.3 Å². The van der Waals surface area contributed by atoms with Crippen molar-refractivity contribution in [3.63, 3.8) is 0 Å². The summed E-state index contributed by atoms with van der Waals surface area (Å²) in [7, 11) is 3.99. The zero-order valence-corrected chi connectivity index (χ0v) is 22.1. The minimum absolute atomic E-state index is 0.00457. The summed E-state index contributed by atoms with van der Waals surface area (Å²) in [6.45, 7) is 9.81. The lowest BCUT2D eigenvalue weighted by Gasteiger charge is -2.36. The number of hydrogen-bond donors (Lipinski definition) is 1.